The van der Waals surface area contributed by atoms with E-state index in [4.69, 9.17) is 4.74 Å². The highest BCUT2D eigenvalue weighted by Crippen LogP contribution is 2.28. The molecule has 0 aliphatic rings. The maximum absolute atomic E-state index is 5.08. The molecule has 3 aromatic rings. The van der Waals surface area contributed by atoms with Crippen molar-refractivity contribution in [3.63, 3.8) is 0 Å². The van der Waals surface area contributed by atoms with Crippen LogP contribution in [0.1, 0.15) is 19.9 Å². The van der Waals surface area contributed by atoms with Gasteiger partial charge in [-0.05, 0) is 32.0 Å². The summed E-state index contributed by atoms with van der Waals surface area (Å²) in [5.74, 6) is 0.592. The van der Waals surface area contributed by atoms with Crippen molar-refractivity contribution in [3.8, 4) is 17.1 Å². The van der Waals surface area contributed by atoms with Crippen LogP contribution >= 0.6 is 0 Å². The Morgan fingerprint density at radius 2 is 2.00 bits per heavy atom. The van der Waals surface area contributed by atoms with Crippen LogP contribution in [0.3, 0.4) is 0 Å². The van der Waals surface area contributed by atoms with E-state index in [-0.39, 0.29) is 6.04 Å². The summed E-state index contributed by atoms with van der Waals surface area (Å²) in [5, 5.41) is 4.69. The van der Waals surface area contributed by atoms with E-state index in [0.717, 1.165) is 22.3 Å². The molecule has 3 heterocycles. The van der Waals surface area contributed by atoms with Gasteiger partial charge in [0.05, 0.1) is 12.6 Å². The summed E-state index contributed by atoms with van der Waals surface area (Å²) in [6.07, 6.45) is 3.55. The minimum absolute atomic E-state index is 0.279. The number of hydrogen-bond acceptors (Lipinski definition) is 4. The number of rotatable bonds is 3. The highest BCUT2D eigenvalue weighted by Gasteiger charge is 2.15. The summed E-state index contributed by atoms with van der Waals surface area (Å²) >= 11 is 0. The molecule has 0 saturated heterocycles. The summed E-state index contributed by atoms with van der Waals surface area (Å²) < 4.78 is 7.07. The molecule has 0 saturated carbocycles. The van der Waals surface area contributed by atoms with E-state index in [1.807, 2.05) is 28.9 Å². The van der Waals surface area contributed by atoms with Crippen molar-refractivity contribution in [1.82, 2.24) is 19.7 Å². The number of hydrogen-bond donors (Lipinski definition) is 0. The SMILES string of the molecule is COc1ccc(-c2nn(C(C)C)c3cccnc23)cn1. The number of methoxy groups -OCH3 is 1. The van der Waals surface area contributed by atoms with Crippen LogP contribution in [-0.4, -0.2) is 26.9 Å². The minimum Gasteiger partial charge on any atom is -0.481 e. The number of nitrogens with zero attached hydrogens (tertiary/aromatic N) is 4. The molecule has 102 valence electrons. The highest BCUT2D eigenvalue weighted by molar-refractivity contribution is 5.89. The first-order valence-corrected chi connectivity index (χ1v) is 6.54. The maximum Gasteiger partial charge on any atom is 0.212 e. The standard InChI is InChI=1S/C15H16N4O/c1-10(2)19-12-5-4-8-16-15(12)14(18-19)11-6-7-13(20-3)17-9-11/h4-10H,1-3H3. The van der Waals surface area contributed by atoms with Crippen molar-refractivity contribution in [3.05, 3.63) is 36.7 Å². The maximum atomic E-state index is 5.08. The van der Waals surface area contributed by atoms with Gasteiger partial charge in [0.2, 0.25) is 5.88 Å². The van der Waals surface area contributed by atoms with E-state index in [1.54, 1.807) is 19.5 Å². The van der Waals surface area contributed by atoms with Crippen molar-refractivity contribution in [2.45, 2.75) is 19.9 Å². The molecule has 0 bridgehead atoms. The Bertz CT molecular complexity index is 731. The lowest BCUT2D eigenvalue weighted by Gasteiger charge is -2.05. The van der Waals surface area contributed by atoms with Crippen molar-refractivity contribution < 1.29 is 4.74 Å². The van der Waals surface area contributed by atoms with E-state index in [1.165, 1.54) is 0 Å². The first kappa shape index (κ1) is 12.6. The van der Waals surface area contributed by atoms with Gasteiger partial charge in [-0.25, -0.2) is 4.98 Å². The third kappa shape index (κ3) is 2.01. The molecule has 0 radical (unpaired) electrons. The fraction of sp³-hybridized carbons (Fsp3) is 0.267. The summed E-state index contributed by atoms with van der Waals surface area (Å²) in [4.78, 5) is 8.70. The van der Waals surface area contributed by atoms with Gasteiger partial charge in [-0.3, -0.25) is 9.67 Å². The van der Waals surface area contributed by atoms with Crippen molar-refractivity contribution in [2.75, 3.05) is 7.11 Å². The molecule has 0 spiro atoms. The zero-order valence-corrected chi connectivity index (χ0v) is 11.7. The monoisotopic (exact) mass is 268 g/mol. The van der Waals surface area contributed by atoms with E-state index >= 15 is 0 Å². The van der Waals surface area contributed by atoms with Crippen LogP contribution in [0.5, 0.6) is 5.88 Å². The Hall–Kier alpha value is -2.43. The second-order valence-electron chi connectivity index (χ2n) is 4.85. The normalized spacial score (nSPS) is 11.2. The van der Waals surface area contributed by atoms with E-state index in [0.29, 0.717) is 5.88 Å². The van der Waals surface area contributed by atoms with Crippen LogP contribution < -0.4 is 4.74 Å². The molecule has 0 atom stereocenters. The summed E-state index contributed by atoms with van der Waals surface area (Å²) in [6.45, 7) is 4.21. The van der Waals surface area contributed by atoms with Gasteiger partial charge < -0.3 is 4.74 Å². The molecule has 20 heavy (non-hydrogen) atoms. The largest absolute Gasteiger partial charge is 0.481 e. The third-order valence-electron chi connectivity index (χ3n) is 3.17. The Kier molecular flexibility index (Phi) is 3.10. The second kappa shape index (κ2) is 4.92. The van der Waals surface area contributed by atoms with Gasteiger partial charge in [0.1, 0.15) is 11.2 Å². The number of fused-ring (bicyclic) bond motifs is 1. The highest BCUT2D eigenvalue weighted by atomic mass is 16.5. The first-order chi connectivity index (χ1) is 9.70. The summed E-state index contributed by atoms with van der Waals surface area (Å²) in [6, 6.07) is 8.03. The lowest BCUT2D eigenvalue weighted by atomic mass is 10.2. The van der Waals surface area contributed by atoms with Gasteiger partial charge in [0, 0.05) is 30.1 Å². The van der Waals surface area contributed by atoms with Crippen LogP contribution in [0, 0.1) is 0 Å². The Morgan fingerprint density at radius 3 is 2.65 bits per heavy atom. The molecule has 0 unspecified atom stereocenters. The molecule has 5 nitrogen and oxygen atoms in total. The average Bonchev–Trinajstić information content (AvgIpc) is 2.87. The van der Waals surface area contributed by atoms with Gasteiger partial charge in [0.25, 0.3) is 0 Å². The Balaban J connectivity index is 2.19. The van der Waals surface area contributed by atoms with Gasteiger partial charge >= 0.3 is 0 Å². The summed E-state index contributed by atoms with van der Waals surface area (Å²) in [5.41, 5.74) is 3.72. The van der Waals surface area contributed by atoms with Gasteiger partial charge in [-0.1, -0.05) is 0 Å². The van der Waals surface area contributed by atoms with Gasteiger partial charge in [-0.15, -0.1) is 0 Å². The molecular weight excluding hydrogens is 252 g/mol. The van der Waals surface area contributed by atoms with Crippen molar-refractivity contribution >= 4 is 11.0 Å². The second-order valence-corrected chi connectivity index (χ2v) is 4.85. The van der Waals surface area contributed by atoms with E-state index in [2.05, 4.69) is 28.9 Å². The lowest BCUT2D eigenvalue weighted by molar-refractivity contribution is 0.398. The van der Waals surface area contributed by atoms with Gasteiger partial charge in [0.15, 0.2) is 0 Å². The van der Waals surface area contributed by atoms with Crippen LogP contribution in [0.2, 0.25) is 0 Å². The zero-order valence-electron chi connectivity index (χ0n) is 11.7. The van der Waals surface area contributed by atoms with E-state index in [9.17, 15) is 0 Å². The molecule has 0 aromatic carbocycles. The molecule has 5 heteroatoms. The molecule has 0 fully saturated rings. The molecule has 0 aliphatic carbocycles. The first-order valence-electron chi connectivity index (χ1n) is 6.54. The van der Waals surface area contributed by atoms with Gasteiger partial charge in [-0.2, -0.15) is 5.10 Å². The molecule has 0 amide bonds. The predicted molar refractivity (Wildman–Crippen MR) is 77.7 cm³/mol. The molecular formula is C15H16N4O. The molecule has 0 N–H and O–H groups in total. The number of aromatic nitrogens is 4. The molecule has 3 aromatic heterocycles. The quantitative estimate of drug-likeness (QED) is 0.732. The van der Waals surface area contributed by atoms with Crippen LogP contribution in [0.25, 0.3) is 22.3 Å². The molecule has 3 rings (SSSR count). The Morgan fingerprint density at radius 1 is 1.15 bits per heavy atom. The van der Waals surface area contributed by atoms with Crippen LogP contribution in [0.15, 0.2) is 36.7 Å². The lowest BCUT2D eigenvalue weighted by Crippen LogP contribution is -2.02. The van der Waals surface area contributed by atoms with Crippen molar-refractivity contribution in [1.29, 1.82) is 0 Å². The fourth-order valence-electron chi connectivity index (χ4n) is 2.20. The van der Waals surface area contributed by atoms with Crippen LogP contribution in [0.4, 0.5) is 0 Å². The summed E-state index contributed by atoms with van der Waals surface area (Å²) in [7, 11) is 1.60. The number of pyridine rings is 2. The van der Waals surface area contributed by atoms with E-state index < -0.39 is 0 Å². The fourth-order valence-corrected chi connectivity index (χ4v) is 2.20. The smallest absolute Gasteiger partial charge is 0.212 e. The zero-order chi connectivity index (χ0) is 14.1. The third-order valence-corrected chi connectivity index (χ3v) is 3.17. The minimum atomic E-state index is 0.279. The Labute approximate surface area is 117 Å². The number of ether oxygens (including phenoxy) is 1. The van der Waals surface area contributed by atoms with Crippen molar-refractivity contribution in [2.24, 2.45) is 0 Å². The predicted octanol–water partition coefficient (Wildman–Crippen LogP) is 3.08. The van der Waals surface area contributed by atoms with Crippen LogP contribution in [-0.2, 0) is 0 Å². The topological polar surface area (TPSA) is 52.8 Å². The molecule has 0 aliphatic heterocycles. The average molecular weight is 268 g/mol.